The van der Waals surface area contributed by atoms with Crippen LogP contribution in [0.1, 0.15) is 50.4 Å². The van der Waals surface area contributed by atoms with E-state index in [1.165, 1.54) is 6.20 Å². The van der Waals surface area contributed by atoms with Gasteiger partial charge in [0, 0.05) is 29.8 Å². The number of ether oxygens (including phenoxy) is 1. The second-order valence-corrected chi connectivity index (χ2v) is 12.4. The van der Waals surface area contributed by atoms with Gasteiger partial charge in [0.25, 0.3) is 0 Å². The molecule has 1 fully saturated rings. The third-order valence-corrected chi connectivity index (χ3v) is 10.1. The number of nitrogens with two attached hydrogens (primary N) is 1. The quantitative estimate of drug-likeness (QED) is 0.390. The van der Waals surface area contributed by atoms with Crippen LogP contribution in [-0.2, 0) is 21.8 Å². The number of hydrogen-bond acceptors (Lipinski definition) is 8. The zero-order chi connectivity index (χ0) is 26.4. The van der Waals surface area contributed by atoms with E-state index in [9.17, 15) is 8.42 Å². The molecule has 0 unspecified atom stereocenters. The maximum atomic E-state index is 15.0. The van der Waals surface area contributed by atoms with Crippen LogP contribution >= 0.6 is 0 Å². The molecule has 192 valence electrons. The Morgan fingerprint density at radius 2 is 1.97 bits per heavy atom. The fraction of sp³-hybridized carbons (Fsp3) is 0.407. The highest BCUT2D eigenvalue weighted by molar-refractivity contribution is 7.93. The van der Waals surface area contributed by atoms with E-state index in [4.69, 9.17) is 10.5 Å². The van der Waals surface area contributed by atoms with Gasteiger partial charge in [-0.05, 0) is 63.3 Å². The highest BCUT2D eigenvalue weighted by Gasteiger charge is 2.59. The van der Waals surface area contributed by atoms with Crippen LogP contribution in [0.15, 0.2) is 41.8 Å². The Morgan fingerprint density at radius 1 is 1.19 bits per heavy atom. The first-order chi connectivity index (χ1) is 17.6. The van der Waals surface area contributed by atoms with Gasteiger partial charge in [0.05, 0.1) is 23.2 Å². The minimum atomic E-state index is -3.69. The number of hydrogen-bond donors (Lipinski definition) is 1. The lowest BCUT2D eigenvalue weighted by Crippen LogP contribution is -2.58. The van der Waals surface area contributed by atoms with Crippen molar-refractivity contribution in [2.45, 2.75) is 50.3 Å². The molecule has 2 aliphatic rings. The summed E-state index contributed by atoms with van der Waals surface area (Å²) in [6.07, 6.45) is 6.60. The van der Waals surface area contributed by atoms with E-state index < -0.39 is 26.1 Å². The number of fused-ring (bicyclic) bond motifs is 1. The Balaban J connectivity index is 1.48. The van der Waals surface area contributed by atoms with E-state index in [0.29, 0.717) is 28.9 Å². The molecule has 0 saturated heterocycles. The van der Waals surface area contributed by atoms with Crippen LogP contribution in [0, 0.1) is 23.7 Å². The van der Waals surface area contributed by atoms with Gasteiger partial charge < -0.3 is 10.5 Å². The van der Waals surface area contributed by atoms with Crippen molar-refractivity contribution < 1.29 is 17.5 Å². The Morgan fingerprint density at radius 3 is 2.68 bits per heavy atom. The Bertz CT molecular complexity index is 1590. The minimum Gasteiger partial charge on any atom is -0.479 e. The fourth-order valence-corrected chi connectivity index (χ4v) is 7.35. The van der Waals surface area contributed by atoms with Gasteiger partial charge in [0.1, 0.15) is 28.5 Å². The smallest absolute Gasteiger partial charge is 0.218 e. The van der Waals surface area contributed by atoms with Gasteiger partial charge in [-0.25, -0.2) is 13.4 Å². The van der Waals surface area contributed by atoms with Crippen LogP contribution in [0.4, 0.5) is 4.39 Å². The van der Waals surface area contributed by atoms with Crippen molar-refractivity contribution in [1.29, 1.82) is 0 Å². The van der Waals surface area contributed by atoms with Crippen molar-refractivity contribution in [2.24, 2.45) is 16.6 Å². The summed E-state index contributed by atoms with van der Waals surface area (Å²) in [5.74, 6) is 5.10. The average molecular weight is 522 g/mol. The first-order valence-corrected chi connectivity index (χ1v) is 13.7. The van der Waals surface area contributed by atoms with Crippen LogP contribution < -0.4 is 10.5 Å². The molecule has 2 atom stereocenters. The molecular formula is C27H28FN5O3S. The molecule has 0 amide bonds. The molecule has 1 saturated carbocycles. The summed E-state index contributed by atoms with van der Waals surface area (Å²) in [6, 6.07) is 5.30. The van der Waals surface area contributed by atoms with Crippen molar-refractivity contribution in [2.75, 3.05) is 12.4 Å². The first-order valence-electron chi connectivity index (χ1n) is 12.1. The van der Waals surface area contributed by atoms with Crippen LogP contribution in [0.2, 0.25) is 0 Å². The van der Waals surface area contributed by atoms with Crippen LogP contribution in [0.3, 0.4) is 0 Å². The first kappa shape index (κ1) is 25.1. The zero-order valence-corrected chi connectivity index (χ0v) is 21.8. The second kappa shape index (κ2) is 9.06. The summed E-state index contributed by atoms with van der Waals surface area (Å²) >= 11 is 0. The fourth-order valence-electron chi connectivity index (χ4n) is 4.98. The van der Waals surface area contributed by atoms with Gasteiger partial charge in [0.2, 0.25) is 5.95 Å². The summed E-state index contributed by atoms with van der Waals surface area (Å²) in [4.78, 5) is 17.5. The van der Waals surface area contributed by atoms with Crippen LogP contribution in [-0.4, -0.2) is 46.3 Å². The van der Waals surface area contributed by atoms with Crippen LogP contribution in [0.25, 0.3) is 10.9 Å². The van der Waals surface area contributed by atoms with Gasteiger partial charge in [-0.1, -0.05) is 5.92 Å². The summed E-state index contributed by atoms with van der Waals surface area (Å²) in [6.45, 7) is 5.24. The largest absolute Gasteiger partial charge is 0.479 e. The highest BCUT2D eigenvalue weighted by Crippen LogP contribution is 2.49. The Kier molecular flexibility index (Phi) is 6.15. The van der Waals surface area contributed by atoms with Crippen molar-refractivity contribution >= 4 is 26.6 Å². The molecule has 5 rings (SSSR count). The lowest BCUT2D eigenvalue weighted by Gasteiger charge is -2.40. The lowest BCUT2D eigenvalue weighted by molar-refractivity contribution is 0.369. The van der Waals surface area contributed by atoms with Crippen molar-refractivity contribution in [3.05, 3.63) is 59.6 Å². The van der Waals surface area contributed by atoms with Gasteiger partial charge in [-0.3, -0.25) is 15.0 Å². The third-order valence-electron chi connectivity index (χ3n) is 7.33. The third kappa shape index (κ3) is 4.42. The van der Waals surface area contributed by atoms with Crippen molar-refractivity contribution in [3.63, 3.8) is 0 Å². The number of aromatic nitrogens is 3. The molecule has 4 heterocycles. The maximum absolute atomic E-state index is 15.0. The average Bonchev–Trinajstić information content (AvgIpc) is 3.69. The van der Waals surface area contributed by atoms with E-state index in [1.54, 1.807) is 39.2 Å². The standard InChI is InChI=1S/C27H28FN5O3S/c1-4-5-10-36-20-13-18-8-9-30-22(23(18)31-15-20)12-17-11-21(24(28)32-14-17)26(2)16-37(34,35)27(3,19-6-7-19)25(29)33-26/h8-9,11,13-15,19H,6-7,10,12,16H2,1-3H3,(H2,29,33)/t26-,27-/m0/s1. The molecule has 2 N–H and O–H groups in total. The second-order valence-electron chi connectivity index (χ2n) is 9.99. The molecule has 1 aliphatic heterocycles. The number of aliphatic imine (C=N–C) groups is 1. The summed E-state index contributed by atoms with van der Waals surface area (Å²) < 4.78 is 46.2. The van der Waals surface area contributed by atoms with Gasteiger partial charge >= 0.3 is 0 Å². The molecule has 0 aromatic carbocycles. The van der Waals surface area contributed by atoms with Crippen molar-refractivity contribution in [1.82, 2.24) is 15.0 Å². The number of amidine groups is 1. The van der Waals surface area contributed by atoms with E-state index >= 15 is 4.39 Å². The highest BCUT2D eigenvalue weighted by atomic mass is 32.2. The number of halogens is 1. The molecule has 3 aromatic heterocycles. The summed E-state index contributed by atoms with van der Waals surface area (Å²) in [5.41, 5.74) is 6.96. The maximum Gasteiger partial charge on any atom is 0.218 e. The Hall–Kier alpha value is -3.58. The SMILES string of the molecule is CC#CCOc1cnc2c(Cc3cnc(F)c([C@]4(C)CS(=O)(=O)[C@@](C)(C5CC5)C(N)=N4)c3)nccc2c1. The predicted molar refractivity (Wildman–Crippen MR) is 139 cm³/mol. The lowest BCUT2D eigenvalue weighted by atomic mass is 9.92. The van der Waals surface area contributed by atoms with Crippen LogP contribution in [0.5, 0.6) is 5.75 Å². The molecule has 37 heavy (non-hydrogen) atoms. The molecule has 8 nitrogen and oxygen atoms in total. The van der Waals surface area contributed by atoms with Gasteiger partial charge in [-0.15, -0.1) is 5.92 Å². The number of rotatable bonds is 6. The van der Waals surface area contributed by atoms with E-state index in [-0.39, 0.29) is 29.7 Å². The molecule has 1 aliphatic carbocycles. The molecule has 10 heteroatoms. The molecule has 0 radical (unpaired) electrons. The minimum absolute atomic E-state index is 0.0383. The molecule has 3 aromatic rings. The normalized spacial score (nSPS) is 24.7. The van der Waals surface area contributed by atoms with Crippen molar-refractivity contribution in [3.8, 4) is 17.6 Å². The topological polar surface area (TPSA) is 120 Å². The molecule has 0 spiro atoms. The van der Waals surface area contributed by atoms with Gasteiger partial charge in [-0.2, -0.15) is 4.39 Å². The predicted octanol–water partition coefficient (Wildman–Crippen LogP) is 3.33. The number of nitrogens with zero attached hydrogens (tertiary/aromatic N) is 4. The number of pyridine rings is 3. The zero-order valence-electron chi connectivity index (χ0n) is 21.0. The van der Waals surface area contributed by atoms with E-state index in [0.717, 1.165) is 18.2 Å². The molecular weight excluding hydrogens is 493 g/mol. The Labute approximate surface area is 215 Å². The number of sulfone groups is 1. The van der Waals surface area contributed by atoms with E-state index in [1.807, 2.05) is 12.1 Å². The summed E-state index contributed by atoms with van der Waals surface area (Å²) in [7, 11) is -3.69. The monoisotopic (exact) mass is 521 g/mol. The van der Waals surface area contributed by atoms with Gasteiger partial charge in [0.15, 0.2) is 9.84 Å². The van der Waals surface area contributed by atoms with E-state index in [2.05, 4.69) is 31.8 Å². The summed E-state index contributed by atoms with van der Waals surface area (Å²) in [5, 5.41) is 0.837. The molecule has 0 bridgehead atoms.